The van der Waals surface area contributed by atoms with E-state index in [4.69, 9.17) is 4.74 Å². The molecule has 5 rings (SSSR count). The average molecular weight is 505 g/mol. The highest BCUT2D eigenvalue weighted by Crippen LogP contribution is 2.39. The molecular formula is C28H29FN4O4. The van der Waals surface area contributed by atoms with Gasteiger partial charge >= 0.3 is 0 Å². The number of ether oxygens (including phenoxy) is 1. The number of aromatic nitrogens is 2. The van der Waals surface area contributed by atoms with E-state index in [1.54, 1.807) is 11.6 Å². The quantitative estimate of drug-likeness (QED) is 0.293. The first-order valence-corrected chi connectivity index (χ1v) is 12.5. The van der Waals surface area contributed by atoms with Crippen LogP contribution in [0.2, 0.25) is 0 Å². The van der Waals surface area contributed by atoms with E-state index in [-0.39, 0.29) is 11.1 Å². The Morgan fingerprint density at radius 1 is 1.11 bits per heavy atom. The summed E-state index contributed by atoms with van der Waals surface area (Å²) in [5.74, 6) is -2.49. The van der Waals surface area contributed by atoms with Gasteiger partial charge in [0.05, 0.1) is 37.7 Å². The molecule has 3 aromatic rings. The molecule has 1 unspecified atom stereocenters. The van der Waals surface area contributed by atoms with Gasteiger partial charge in [0.25, 0.3) is 5.91 Å². The molecule has 0 saturated carbocycles. The summed E-state index contributed by atoms with van der Waals surface area (Å²) in [6.07, 6.45) is 2.10. The number of morpholine rings is 1. The number of hydrogen-bond acceptors (Lipinski definition) is 5. The topological polar surface area (TPSA) is 91.9 Å². The normalized spacial score (nSPS) is 20.1. The first kappa shape index (κ1) is 24.9. The van der Waals surface area contributed by atoms with Crippen LogP contribution in [0.3, 0.4) is 0 Å². The number of para-hydroxylation sites is 1. The van der Waals surface area contributed by atoms with Crippen LogP contribution in [0, 0.1) is 12.7 Å². The van der Waals surface area contributed by atoms with Gasteiger partial charge in [-0.1, -0.05) is 36.1 Å². The summed E-state index contributed by atoms with van der Waals surface area (Å²) < 4.78 is 20.8. The number of rotatable bonds is 7. The van der Waals surface area contributed by atoms with Crippen molar-refractivity contribution in [2.24, 2.45) is 0 Å². The van der Waals surface area contributed by atoms with Gasteiger partial charge in [-0.2, -0.15) is 5.10 Å². The third-order valence-corrected chi connectivity index (χ3v) is 7.10. The van der Waals surface area contributed by atoms with E-state index in [1.807, 2.05) is 30.3 Å². The van der Waals surface area contributed by atoms with Crippen LogP contribution < -0.4 is 10.0 Å². The SMILES string of the molecule is Cc1c(C([O-])=C2C(=O)C(=O)N(CCC[NH+]3CCOCC3)C2c2ccc(F)cc2)cnn1-c1ccccc1. The lowest BCUT2D eigenvalue weighted by molar-refractivity contribution is -0.908. The number of amides is 1. The number of halogens is 1. The van der Waals surface area contributed by atoms with E-state index < -0.39 is 29.3 Å². The molecule has 2 aliphatic rings. The van der Waals surface area contributed by atoms with Crippen LogP contribution in [0.4, 0.5) is 4.39 Å². The first-order chi connectivity index (χ1) is 18.0. The van der Waals surface area contributed by atoms with E-state index in [9.17, 15) is 19.1 Å². The van der Waals surface area contributed by atoms with Crippen LogP contribution >= 0.6 is 0 Å². The average Bonchev–Trinajstić information content (AvgIpc) is 3.42. The fourth-order valence-corrected chi connectivity index (χ4v) is 5.11. The molecule has 0 spiro atoms. The second-order valence-electron chi connectivity index (χ2n) is 9.38. The largest absolute Gasteiger partial charge is 0.872 e. The molecule has 2 aromatic carbocycles. The number of ketones is 1. The van der Waals surface area contributed by atoms with E-state index in [1.165, 1.54) is 40.3 Å². The minimum atomic E-state index is -0.882. The molecule has 2 fully saturated rings. The second-order valence-corrected chi connectivity index (χ2v) is 9.38. The van der Waals surface area contributed by atoms with Gasteiger partial charge in [-0.25, -0.2) is 9.07 Å². The summed E-state index contributed by atoms with van der Waals surface area (Å²) in [5, 5.41) is 18.2. The van der Waals surface area contributed by atoms with Crippen molar-refractivity contribution >= 4 is 17.4 Å². The number of hydrogen-bond donors (Lipinski definition) is 1. The lowest BCUT2D eigenvalue weighted by atomic mass is 9.95. The Bertz CT molecular complexity index is 1310. The fraction of sp³-hybridized carbons (Fsp3) is 0.321. The molecule has 37 heavy (non-hydrogen) atoms. The smallest absolute Gasteiger partial charge is 0.295 e. The Balaban J connectivity index is 1.50. The number of nitrogens with one attached hydrogen (secondary N) is 1. The molecule has 0 radical (unpaired) electrons. The molecule has 1 amide bonds. The summed E-state index contributed by atoms with van der Waals surface area (Å²) in [7, 11) is 0. The van der Waals surface area contributed by atoms with Crippen molar-refractivity contribution in [1.29, 1.82) is 0 Å². The zero-order valence-electron chi connectivity index (χ0n) is 20.7. The Kier molecular flexibility index (Phi) is 7.16. The zero-order chi connectivity index (χ0) is 25.9. The molecular weight excluding hydrogens is 475 g/mol. The van der Waals surface area contributed by atoms with E-state index in [0.717, 1.165) is 25.3 Å². The van der Waals surface area contributed by atoms with Gasteiger partial charge in [0.2, 0.25) is 5.78 Å². The molecule has 9 heteroatoms. The first-order valence-electron chi connectivity index (χ1n) is 12.5. The van der Waals surface area contributed by atoms with Gasteiger partial charge in [-0.15, -0.1) is 0 Å². The molecule has 1 aromatic heterocycles. The number of quaternary nitrogens is 1. The maximum atomic E-state index is 13.8. The van der Waals surface area contributed by atoms with Crippen LogP contribution in [-0.4, -0.2) is 65.8 Å². The molecule has 8 nitrogen and oxygen atoms in total. The molecule has 2 saturated heterocycles. The highest BCUT2D eigenvalue weighted by atomic mass is 19.1. The van der Waals surface area contributed by atoms with Crippen molar-refractivity contribution in [2.45, 2.75) is 19.4 Å². The predicted octanol–water partition coefficient (Wildman–Crippen LogP) is 0.849. The van der Waals surface area contributed by atoms with Gasteiger partial charge in [-0.05, 0) is 36.8 Å². The monoisotopic (exact) mass is 504 g/mol. The highest BCUT2D eigenvalue weighted by molar-refractivity contribution is 6.46. The molecule has 1 atom stereocenters. The van der Waals surface area contributed by atoms with Crippen molar-refractivity contribution in [3.63, 3.8) is 0 Å². The fourth-order valence-electron chi connectivity index (χ4n) is 5.11. The van der Waals surface area contributed by atoms with Crippen LogP contribution in [0.15, 0.2) is 66.4 Å². The van der Waals surface area contributed by atoms with E-state index in [0.29, 0.717) is 37.4 Å². The van der Waals surface area contributed by atoms with Crippen molar-refractivity contribution in [2.75, 3.05) is 39.4 Å². The van der Waals surface area contributed by atoms with Crippen LogP contribution in [0.25, 0.3) is 11.4 Å². The van der Waals surface area contributed by atoms with Crippen molar-refractivity contribution in [3.8, 4) is 5.69 Å². The zero-order valence-corrected chi connectivity index (χ0v) is 20.7. The van der Waals surface area contributed by atoms with Crippen LogP contribution in [-0.2, 0) is 14.3 Å². The van der Waals surface area contributed by atoms with Crippen molar-refractivity contribution < 1.29 is 28.7 Å². The second kappa shape index (κ2) is 10.7. The lowest BCUT2D eigenvalue weighted by Gasteiger charge is -2.28. The predicted molar refractivity (Wildman–Crippen MR) is 132 cm³/mol. The molecule has 3 heterocycles. The van der Waals surface area contributed by atoms with Gasteiger partial charge < -0.3 is 19.6 Å². The Labute approximate surface area is 214 Å². The standard InChI is InChI=1S/C28H29FN4O4/c1-19-23(18-30-33(19)22-6-3-2-4-7-22)26(34)24-25(20-8-10-21(29)11-9-20)32(28(36)27(24)35)13-5-12-31-14-16-37-17-15-31/h2-4,6-11,18,25,34H,5,12-17H2,1H3. The number of benzene rings is 2. The Morgan fingerprint density at radius 3 is 2.51 bits per heavy atom. The molecule has 2 aliphatic heterocycles. The number of likely N-dealkylation sites (tertiary alicyclic amines) is 1. The third-order valence-electron chi connectivity index (χ3n) is 7.10. The molecule has 1 N–H and O–H groups in total. The highest BCUT2D eigenvalue weighted by Gasteiger charge is 2.44. The maximum absolute atomic E-state index is 13.8. The van der Waals surface area contributed by atoms with Gasteiger partial charge in [0, 0.05) is 29.8 Å². The molecule has 192 valence electrons. The lowest BCUT2D eigenvalue weighted by Crippen LogP contribution is -3.14. The van der Waals surface area contributed by atoms with Crippen LogP contribution in [0.5, 0.6) is 0 Å². The van der Waals surface area contributed by atoms with Crippen molar-refractivity contribution in [3.05, 3.63) is 89.0 Å². The minimum absolute atomic E-state index is 0.119. The number of carbonyl (C=O) groups excluding carboxylic acids is 2. The maximum Gasteiger partial charge on any atom is 0.295 e. The Morgan fingerprint density at radius 2 is 1.81 bits per heavy atom. The number of nitrogens with zero attached hydrogens (tertiary/aromatic N) is 3. The van der Waals surface area contributed by atoms with Crippen molar-refractivity contribution in [1.82, 2.24) is 14.7 Å². The van der Waals surface area contributed by atoms with E-state index >= 15 is 0 Å². The number of Topliss-reactive ketones (excluding diaryl/α,β-unsaturated/α-hetero) is 1. The van der Waals surface area contributed by atoms with Gasteiger partial charge in [0.15, 0.2) is 0 Å². The minimum Gasteiger partial charge on any atom is -0.872 e. The third kappa shape index (κ3) is 4.92. The molecule has 0 aliphatic carbocycles. The van der Waals surface area contributed by atoms with E-state index in [2.05, 4.69) is 5.10 Å². The van der Waals surface area contributed by atoms with Gasteiger partial charge in [-0.3, -0.25) is 9.59 Å². The summed E-state index contributed by atoms with van der Waals surface area (Å²) in [5.41, 5.74) is 2.00. The summed E-state index contributed by atoms with van der Waals surface area (Å²) in [6, 6.07) is 14.1. The summed E-state index contributed by atoms with van der Waals surface area (Å²) >= 11 is 0. The van der Waals surface area contributed by atoms with Crippen LogP contribution in [0.1, 0.15) is 29.3 Å². The Hall–Kier alpha value is -3.82. The number of carbonyl (C=O) groups is 2. The molecule has 0 bridgehead atoms. The summed E-state index contributed by atoms with van der Waals surface area (Å²) in [4.78, 5) is 29.3. The summed E-state index contributed by atoms with van der Waals surface area (Å²) in [6.45, 7) is 6.10. The van der Waals surface area contributed by atoms with Gasteiger partial charge in [0.1, 0.15) is 18.9 Å².